The van der Waals surface area contributed by atoms with Crippen molar-refractivity contribution >= 4 is 23.9 Å². The molecule has 47 heavy (non-hydrogen) atoms. The molecule has 4 rings (SSSR count). The summed E-state index contributed by atoms with van der Waals surface area (Å²) in [6.45, 7) is 3.57. The molecule has 0 aromatic heterocycles. The maximum atomic E-state index is 13.1. The van der Waals surface area contributed by atoms with E-state index in [1.165, 1.54) is 7.11 Å². The van der Waals surface area contributed by atoms with Crippen molar-refractivity contribution in [3.63, 3.8) is 0 Å². The van der Waals surface area contributed by atoms with Crippen LogP contribution < -0.4 is 16.0 Å². The lowest BCUT2D eigenvalue weighted by molar-refractivity contribution is -0.283. The Hall–Kier alpha value is -4.08. The Bertz CT molecular complexity index is 1370. The summed E-state index contributed by atoms with van der Waals surface area (Å²) in [7, 11) is 1.21. The van der Waals surface area contributed by atoms with Gasteiger partial charge in [0, 0.05) is 19.6 Å². The van der Waals surface area contributed by atoms with Crippen molar-refractivity contribution in [3.05, 3.63) is 59.7 Å². The van der Waals surface area contributed by atoms with Crippen molar-refractivity contribution in [2.24, 2.45) is 5.92 Å². The van der Waals surface area contributed by atoms with Crippen LogP contribution >= 0.6 is 0 Å². The molecular formula is C33H43N3O11. The predicted molar refractivity (Wildman–Crippen MR) is 167 cm³/mol. The number of benzene rings is 2. The van der Waals surface area contributed by atoms with E-state index >= 15 is 0 Å². The standard InChI is InChI=1S/C33H43N3O11/c1-17(2)24(36-33(44)46-16-22-20-12-6-4-10-18(20)19-11-5-7-13-21(19)22)29(40)35-23(31(42)43)14-8-9-15-34-30(41)28-26(38)25(37)27(39)32(45-3)47-28/h4-7,10-13,17,22-28,32,37-39H,8-9,14-16H2,1-3H3,(H,34,41)(H,35,40)(H,36,44)(H,42,43)/t23?,24?,25-,26-,27+,28-,32+/m0/s1. The Morgan fingerprint density at radius 2 is 1.49 bits per heavy atom. The minimum Gasteiger partial charge on any atom is -0.480 e. The molecule has 2 aromatic rings. The van der Waals surface area contributed by atoms with E-state index in [0.29, 0.717) is 12.8 Å². The minimum absolute atomic E-state index is 0.0336. The Balaban J connectivity index is 1.24. The highest BCUT2D eigenvalue weighted by molar-refractivity contribution is 5.89. The maximum absolute atomic E-state index is 13.1. The molecule has 0 radical (unpaired) electrons. The van der Waals surface area contributed by atoms with Gasteiger partial charge in [-0.1, -0.05) is 62.4 Å². The summed E-state index contributed by atoms with van der Waals surface area (Å²) in [4.78, 5) is 50.4. The first-order valence-corrected chi connectivity index (χ1v) is 15.6. The second kappa shape index (κ2) is 16.2. The third-order valence-corrected chi connectivity index (χ3v) is 8.46. The molecule has 1 saturated heterocycles. The summed E-state index contributed by atoms with van der Waals surface area (Å²) in [6.07, 6.45) is -7.82. The lowest BCUT2D eigenvalue weighted by Crippen LogP contribution is -2.61. The van der Waals surface area contributed by atoms with Crippen molar-refractivity contribution in [2.45, 2.75) is 81.8 Å². The average molecular weight is 658 g/mol. The number of methoxy groups -OCH3 is 1. The van der Waals surface area contributed by atoms with Crippen LogP contribution in [0.25, 0.3) is 11.1 Å². The quantitative estimate of drug-likeness (QED) is 0.142. The first kappa shape index (κ1) is 35.8. The number of aliphatic hydroxyl groups excluding tert-OH is 3. The number of carboxylic acids is 1. The molecule has 7 atom stereocenters. The number of nitrogens with one attached hydrogen (secondary N) is 3. The van der Waals surface area contributed by atoms with Gasteiger partial charge in [-0.3, -0.25) is 9.59 Å². The van der Waals surface area contributed by atoms with E-state index in [1.54, 1.807) is 13.8 Å². The molecule has 14 heteroatoms. The van der Waals surface area contributed by atoms with Crippen LogP contribution in [0.3, 0.4) is 0 Å². The zero-order valence-electron chi connectivity index (χ0n) is 26.5. The summed E-state index contributed by atoms with van der Waals surface area (Å²) in [5, 5.41) is 47.3. The highest BCUT2D eigenvalue weighted by Gasteiger charge is 2.47. The molecule has 2 aromatic carbocycles. The fourth-order valence-corrected chi connectivity index (χ4v) is 5.87. The number of carbonyl (C=O) groups is 4. The fourth-order valence-electron chi connectivity index (χ4n) is 5.87. The van der Waals surface area contributed by atoms with Gasteiger partial charge in [-0.05, 0) is 47.4 Å². The number of carboxylic acid groups (broad SMARTS) is 1. The lowest BCUT2D eigenvalue weighted by Gasteiger charge is -2.38. The molecule has 1 aliphatic heterocycles. The van der Waals surface area contributed by atoms with Crippen molar-refractivity contribution in [2.75, 3.05) is 20.3 Å². The number of aliphatic carboxylic acids is 1. The van der Waals surface area contributed by atoms with Crippen LogP contribution in [0.1, 0.15) is 50.2 Å². The van der Waals surface area contributed by atoms with E-state index in [9.17, 15) is 39.6 Å². The largest absolute Gasteiger partial charge is 0.480 e. The number of carbonyl (C=O) groups excluding carboxylic acids is 3. The molecule has 2 aliphatic rings. The van der Waals surface area contributed by atoms with E-state index in [0.717, 1.165) is 22.3 Å². The molecule has 0 bridgehead atoms. The molecule has 2 unspecified atom stereocenters. The van der Waals surface area contributed by atoms with Crippen LogP contribution in [0.5, 0.6) is 0 Å². The number of aliphatic hydroxyl groups is 3. The van der Waals surface area contributed by atoms with Gasteiger partial charge in [0.15, 0.2) is 12.4 Å². The van der Waals surface area contributed by atoms with E-state index < -0.39 is 66.7 Å². The van der Waals surface area contributed by atoms with Gasteiger partial charge >= 0.3 is 12.1 Å². The summed E-state index contributed by atoms with van der Waals surface area (Å²) >= 11 is 0. The Labute approximate surface area is 272 Å². The van der Waals surface area contributed by atoms with Crippen LogP contribution in [-0.4, -0.2) is 107 Å². The smallest absolute Gasteiger partial charge is 0.407 e. The van der Waals surface area contributed by atoms with Gasteiger partial charge in [0.2, 0.25) is 5.91 Å². The Kier molecular flexibility index (Phi) is 12.3. The van der Waals surface area contributed by atoms with Gasteiger partial charge in [0.1, 0.15) is 37.0 Å². The number of alkyl carbamates (subject to hydrolysis) is 1. The van der Waals surface area contributed by atoms with Gasteiger partial charge < -0.3 is 50.6 Å². The molecule has 3 amide bonds. The topological polar surface area (TPSA) is 213 Å². The summed E-state index contributed by atoms with van der Waals surface area (Å²) < 4.78 is 15.7. The van der Waals surface area contributed by atoms with E-state index in [2.05, 4.69) is 16.0 Å². The van der Waals surface area contributed by atoms with Crippen molar-refractivity contribution in [1.82, 2.24) is 16.0 Å². The Morgan fingerprint density at radius 3 is 2.06 bits per heavy atom. The van der Waals surface area contributed by atoms with Crippen LogP contribution in [-0.2, 0) is 28.6 Å². The fraction of sp³-hybridized carbons (Fsp3) is 0.515. The summed E-state index contributed by atoms with van der Waals surface area (Å²) in [5.74, 6) is -3.22. The SMILES string of the molecule is CO[C@@H]1O[C@H](C(=O)NCCCCC(NC(=O)C(NC(=O)OCC2c3ccccc3-c3ccccc32)C(C)C)C(=O)O)[C@@H](O)[C@H](O)[C@H]1O. The third kappa shape index (κ3) is 8.45. The molecule has 0 saturated carbocycles. The molecule has 256 valence electrons. The molecule has 0 spiro atoms. The minimum atomic E-state index is -1.68. The lowest BCUT2D eigenvalue weighted by atomic mass is 9.98. The van der Waals surface area contributed by atoms with Gasteiger partial charge in [-0.15, -0.1) is 0 Å². The molecule has 1 aliphatic carbocycles. The molecule has 14 nitrogen and oxygen atoms in total. The number of rotatable bonds is 14. The first-order chi connectivity index (χ1) is 22.4. The monoisotopic (exact) mass is 657 g/mol. The highest BCUT2D eigenvalue weighted by Crippen LogP contribution is 2.44. The summed E-state index contributed by atoms with van der Waals surface area (Å²) in [5.41, 5.74) is 4.25. The van der Waals surface area contributed by atoms with Gasteiger partial charge in [0.05, 0.1) is 0 Å². The van der Waals surface area contributed by atoms with Crippen LogP contribution in [0.15, 0.2) is 48.5 Å². The number of hydrogen-bond acceptors (Lipinski definition) is 10. The highest BCUT2D eigenvalue weighted by atomic mass is 16.7. The van der Waals surface area contributed by atoms with Gasteiger partial charge in [0.25, 0.3) is 5.91 Å². The zero-order chi connectivity index (χ0) is 34.2. The second-order valence-corrected chi connectivity index (χ2v) is 12.0. The van der Waals surface area contributed by atoms with Crippen molar-refractivity contribution in [3.8, 4) is 11.1 Å². The molecule has 7 N–H and O–H groups in total. The number of fused-ring (bicyclic) bond motifs is 3. The maximum Gasteiger partial charge on any atom is 0.407 e. The number of unbranched alkanes of at least 4 members (excludes halogenated alkanes) is 1. The van der Waals surface area contributed by atoms with Crippen LogP contribution in [0.2, 0.25) is 0 Å². The van der Waals surface area contributed by atoms with Crippen LogP contribution in [0, 0.1) is 5.92 Å². The second-order valence-electron chi connectivity index (χ2n) is 12.0. The Morgan fingerprint density at radius 1 is 0.872 bits per heavy atom. The number of ether oxygens (including phenoxy) is 3. The number of amides is 3. The average Bonchev–Trinajstić information content (AvgIpc) is 3.37. The van der Waals surface area contributed by atoms with E-state index in [1.807, 2.05) is 48.5 Å². The summed E-state index contributed by atoms with van der Waals surface area (Å²) in [6, 6.07) is 13.5. The van der Waals surface area contributed by atoms with Crippen molar-refractivity contribution in [1.29, 1.82) is 0 Å². The first-order valence-electron chi connectivity index (χ1n) is 15.6. The van der Waals surface area contributed by atoms with E-state index in [4.69, 9.17) is 14.2 Å². The molecular weight excluding hydrogens is 614 g/mol. The van der Waals surface area contributed by atoms with Crippen LogP contribution in [0.4, 0.5) is 4.79 Å². The third-order valence-electron chi connectivity index (χ3n) is 8.46. The van der Waals surface area contributed by atoms with Crippen molar-refractivity contribution < 1.29 is 53.8 Å². The number of hydrogen-bond donors (Lipinski definition) is 7. The molecule has 1 heterocycles. The van der Waals surface area contributed by atoms with Gasteiger partial charge in [-0.25, -0.2) is 9.59 Å². The predicted octanol–water partition coefficient (Wildman–Crippen LogP) is 0.860. The normalized spacial score (nSPS) is 23.3. The van der Waals surface area contributed by atoms with Gasteiger partial charge in [-0.2, -0.15) is 0 Å². The zero-order valence-corrected chi connectivity index (χ0v) is 26.5. The molecule has 1 fully saturated rings. The van der Waals surface area contributed by atoms with E-state index in [-0.39, 0.29) is 31.4 Å².